The van der Waals surface area contributed by atoms with Crippen LogP contribution in [-0.2, 0) is 7.05 Å². The van der Waals surface area contributed by atoms with Gasteiger partial charge >= 0.3 is 0 Å². The summed E-state index contributed by atoms with van der Waals surface area (Å²) in [5.74, 6) is 0. The van der Waals surface area contributed by atoms with Crippen molar-refractivity contribution in [3.63, 3.8) is 0 Å². The van der Waals surface area contributed by atoms with Crippen molar-refractivity contribution >= 4 is 21.8 Å². The Labute approximate surface area is 163 Å². The third-order valence-electron chi connectivity index (χ3n) is 4.64. The smallest absolute Gasteiger partial charge is 0.0645 e. The summed E-state index contributed by atoms with van der Waals surface area (Å²) in [6.45, 7) is 0. The monoisotopic (exact) mass is 340 g/mol. The normalized spacial score (nSPS) is 15.0. The summed E-state index contributed by atoms with van der Waals surface area (Å²) in [7, 11) is 1.61. The van der Waals surface area contributed by atoms with Crippen LogP contribution in [0.3, 0.4) is 0 Å². The van der Waals surface area contributed by atoms with Crippen LogP contribution < -0.4 is 0 Å². The molecule has 5 aromatic rings. The van der Waals surface area contributed by atoms with Gasteiger partial charge in [-0.1, -0.05) is 72.7 Å². The second kappa shape index (κ2) is 5.89. The number of rotatable bonds is 2. The minimum Gasteiger partial charge on any atom is -0.344 e. The number of hydrogen-bond acceptors (Lipinski definition) is 0. The molecule has 0 aliphatic heterocycles. The Kier molecular flexibility index (Phi) is 2.13. The van der Waals surface area contributed by atoms with Gasteiger partial charge in [0.2, 0.25) is 0 Å². The molecule has 0 aliphatic rings. The number of fused-ring (bicyclic) bond motifs is 3. The van der Waals surface area contributed by atoms with Crippen LogP contribution in [0.15, 0.2) is 96.9 Å². The summed E-state index contributed by atoms with van der Waals surface area (Å²) >= 11 is 0. The van der Waals surface area contributed by atoms with Crippen molar-refractivity contribution in [2.75, 3.05) is 0 Å². The average Bonchev–Trinajstić information content (AvgIpc) is 3.14. The zero-order valence-corrected chi connectivity index (χ0v) is 14.1. The van der Waals surface area contributed by atoms with Crippen LogP contribution in [0.2, 0.25) is 0 Å². The van der Waals surface area contributed by atoms with Gasteiger partial charge in [0.05, 0.1) is 9.60 Å². The quantitative estimate of drug-likeness (QED) is 0.338. The Morgan fingerprint density at radius 2 is 1.35 bits per heavy atom. The van der Waals surface area contributed by atoms with E-state index in [2.05, 4.69) is 0 Å². The number of hydrogen-bond donors (Lipinski definition) is 0. The van der Waals surface area contributed by atoms with Gasteiger partial charge < -0.3 is 4.57 Å². The minimum atomic E-state index is -0.381. The number of aromatic nitrogens is 1. The Morgan fingerprint density at radius 1 is 0.654 bits per heavy atom. The van der Waals surface area contributed by atoms with Gasteiger partial charge in [0.15, 0.2) is 0 Å². The van der Waals surface area contributed by atoms with Crippen molar-refractivity contribution in [3.8, 4) is 22.3 Å². The summed E-state index contributed by atoms with van der Waals surface area (Å²) in [4.78, 5) is 0. The lowest BCUT2D eigenvalue weighted by molar-refractivity contribution is 1.01. The zero-order valence-electron chi connectivity index (χ0n) is 21.1. The molecule has 5 rings (SSSR count). The fourth-order valence-corrected chi connectivity index (χ4v) is 3.31. The maximum atomic E-state index is 9.01. The lowest BCUT2D eigenvalue weighted by Gasteiger charge is -2.07. The van der Waals surface area contributed by atoms with Gasteiger partial charge in [-0.25, -0.2) is 0 Å². The molecule has 0 spiro atoms. The number of para-hydroxylation sites is 1. The van der Waals surface area contributed by atoms with Crippen molar-refractivity contribution in [1.29, 1.82) is 0 Å². The molecule has 1 nitrogen and oxygen atoms in total. The lowest BCUT2D eigenvalue weighted by atomic mass is 9.98. The van der Waals surface area contributed by atoms with Crippen LogP contribution in [0.5, 0.6) is 0 Å². The van der Waals surface area contributed by atoms with Crippen molar-refractivity contribution < 1.29 is 9.60 Å². The topological polar surface area (TPSA) is 4.93 Å². The fraction of sp³-hybridized carbons (Fsp3) is 0.0400. The molecule has 26 heavy (non-hydrogen) atoms. The molecule has 0 radical (unpaired) electrons. The van der Waals surface area contributed by atoms with Crippen LogP contribution in [0.4, 0.5) is 0 Å². The Hall–Kier alpha value is -3.32. The summed E-state index contributed by atoms with van der Waals surface area (Å²) in [5.41, 5.74) is 3.27. The van der Waals surface area contributed by atoms with Crippen LogP contribution in [0.1, 0.15) is 9.60 Å². The molecule has 0 fully saturated rings. The Morgan fingerprint density at radius 3 is 2.19 bits per heavy atom. The van der Waals surface area contributed by atoms with E-state index in [-0.39, 0.29) is 69.7 Å². The minimum absolute atomic E-state index is 0.0214. The maximum absolute atomic E-state index is 9.01. The van der Waals surface area contributed by atoms with Gasteiger partial charge in [-0.15, -0.1) is 0 Å². The summed E-state index contributed by atoms with van der Waals surface area (Å²) in [6.07, 6.45) is 0. The average molecular weight is 340 g/mol. The first-order valence-electron chi connectivity index (χ1n) is 11.9. The highest BCUT2D eigenvalue weighted by molar-refractivity contribution is 6.09. The second-order valence-corrected chi connectivity index (χ2v) is 6.20. The van der Waals surface area contributed by atoms with Crippen molar-refractivity contribution in [2.45, 2.75) is 0 Å². The molecule has 0 amide bonds. The van der Waals surface area contributed by atoms with Crippen LogP contribution in [-0.4, -0.2) is 4.57 Å². The number of nitrogens with zero attached hydrogens (tertiary/aromatic N) is 1. The second-order valence-electron chi connectivity index (χ2n) is 6.20. The first-order valence-corrected chi connectivity index (χ1v) is 8.38. The molecule has 0 aliphatic carbocycles. The predicted octanol–water partition coefficient (Wildman–Crippen LogP) is 6.67. The van der Waals surface area contributed by atoms with E-state index >= 15 is 0 Å². The van der Waals surface area contributed by atoms with Crippen LogP contribution >= 0.6 is 0 Å². The van der Waals surface area contributed by atoms with Crippen LogP contribution in [0, 0.1) is 0 Å². The standard InChI is InChI=1S/C25H19N/c1-26-24-13-6-5-12-22(24)23-17-21(14-15-25(23)26)20-11-7-10-19(16-20)18-8-3-2-4-9-18/h2-17H,1H3/i5D,6D,12D,13D,14D,15D,17D. The van der Waals surface area contributed by atoms with Crippen LogP contribution in [0.25, 0.3) is 44.1 Å². The van der Waals surface area contributed by atoms with E-state index in [4.69, 9.17) is 9.60 Å². The van der Waals surface area contributed by atoms with Gasteiger partial charge in [0.25, 0.3) is 0 Å². The third-order valence-corrected chi connectivity index (χ3v) is 4.64. The highest BCUT2D eigenvalue weighted by Crippen LogP contribution is 2.33. The summed E-state index contributed by atoms with van der Waals surface area (Å²) in [6, 6.07) is 15.8. The van der Waals surface area contributed by atoms with Gasteiger partial charge in [-0.05, 0) is 46.4 Å². The van der Waals surface area contributed by atoms with E-state index in [0.29, 0.717) is 5.56 Å². The zero-order chi connectivity index (χ0) is 23.6. The SMILES string of the molecule is [2H]c1c([2H])c([2H])c2c(c1[2H])c1c([2H])c(-c3cccc(-c4ccccc4)c3)c([2H])c([2H])c1n2C. The molecular weight excluding hydrogens is 314 g/mol. The summed E-state index contributed by atoms with van der Waals surface area (Å²) < 4.78 is 60.9. The molecule has 1 heterocycles. The Balaban J connectivity index is 1.91. The predicted molar refractivity (Wildman–Crippen MR) is 111 cm³/mol. The molecule has 0 atom stereocenters. The van der Waals surface area contributed by atoms with E-state index in [9.17, 15) is 0 Å². The van der Waals surface area contributed by atoms with E-state index < -0.39 is 0 Å². The molecule has 124 valence electrons. The molecule has 0 saturated carbocycles. The van der Waals surface area contributed by atoms with E-state index in [1.807, 2.05) is 48.5 Å². The third kappa shape index (κ3) is 2.33. The van der Waals surface area contributed by atoms with E-state index in [1.165, 1.54) is 4.57 Å². The molecule has 0 bridgehead atoms. The van der Waals surface area contributed by atoms with E-state index in [0.717, 1.165) is 11.1 Å². The van der Waals surface area contributed by atoms with E-state index in [1.54, 1.807) is 13.1 Å². The molecule has 1 heteroatoms. The first kappa shape index (κ1) is 9.40. The van der Waals surface area contributed by atoms with Gasteiger partial charge in [-0.2, -0.15) is 0 Å². The summed E-state index contributed by atoms with van der Waals surface area (Å²) in [5, 5.41) is 0.470. The van der Waals surface area contributed by atoms with Crippen molar-refractivity contribution in [1.82, 2.24) is 4.57 Å². The molecule has 1 aromatic heterocycles. The van der Waals surface area contributed by atoms with Gasteiger partial charge in [0, 0.05) is 28.9 Å². The maximum Gasteiger partial charge on any atom is 0.0645 e. The van der Waals surface area contributed by atoms with Crippen molar-refractivity contribution in [3.05, 3.63) is 96.9 Å². The highest BCUT2D eigenvalue weighted by atomic mass is 14.9. The Bertz CT molecular complexity index is 1590. The van der Waals surface area contributed by atoms with Crippen molar-refractivity contribution in [2.24, 2.45) is 7.05 Å². The number of aryl methyl sites for hydroxylation is 1. The largest absolute Gasteiger partial charge is 0.344 e. The molecule has 0 unspecified atom stereocenters. The van der Waals surface area contributed by atoms with Gasteiger partial charge in [0.1, 0.15) is 0 Å². The lowest BCUT2D eigenvalue weighted by Crippen LogP contribution is -1.86. The molecular formula is C25H19N. The molecule has 4 aromatic carbocycles. The molecule has 0 N–H and O–H groups in total. The first-order chi connectivity index (χ1) is 15.7. The number of benzene rings is 4. The highest BCUT2D eigenvalue weighted by Gasteiger charge is 2.09. The van der Waals surface area contributed by atoms with Gasteiger partial charge in [-0.3, -0.25) is 0 Å². The fourth-order valence-electron chi connectivity index (χ4n) is 3.31. The molecule has 0 saturated heterocycles.